The van der Waals surface area contributed by atoms with Gasteiger partial charge < -0.3 is 15.7 Å². The summed E-state index contributed by atoms with van der Waals surface area (Å²) in [6, 6.07) is 5.64. The zero-order valence-corrected chi connectivity index (χ0v) is 15.8. The van der Waals surface area contributed by atoms with Crippen LogP contribution < -0.4 is 5.73 Å². The molecule has 0 radical (unpaired) electrons. The number of fused-ring (bicyclic) bond motifs is 1. The van der Waals surface area contributed by atoms with Crippen molar-refractivity contribution in [2.45, 2.75) is 52.5 Å². The van der Waals surface area contributed by atoms with Crippen LogP contribution in [0, 0.1) is 5.41 Å². The van der Waals surface area contributed by atoms with E-state index in [4.69, 9.17) is 11.1 Å². The Morgan fingerprint density at radius 1 is 1.23 bits per heavy atom. The molecule has 0 bridgehead atoms. The molecule has 0 saturated heterocycles. The molecule has 5 heteroatoms. The highest BCUT2D eigenvalue weighted by atomic mass is 19.3. The van der Waals surface area contributed by atoms with Crippen LogP contribution in [0.3, 0.4) is 0 Å². The minimum atomic E-state index is -2.47. The second kappa shape index (κ2) is 8.30. The maximum atomic E-state index is 13.1. The fourth-order valence-corrected chi connectivity index (χ4v) is 3.29. The van der Waals surface area contributed by atoms with E-state index in [-0.39, 0.29) is 17.5 Å². The Morgan fingerprint density at radius 2 is 1.92 bits per heavy atom. The molecule has 3 rings (SSSR count). The maximum Gasteiger partial charge on any atom is 0.263 e. The van der Waals surface area contributed by atoms with Crippen LogP contribution in [0.25, 0.3) is 10.9 Å². The fraction of sp³-hybridized carbons (Fsp3) is 0.381. The van der Waals surface area contributed by atoms with Crippen LogP contribution in [0.5, 0.6) is 0 Å². The van der Waals surface area contributed by atoms with Crippen molar-refractivity contribution in [2.24, 2.45) is 0 Å². The van der Waals surface area contributed by atoms with Gasteiger partial charge in [0.2, 0.25) is 0 Å². The minimum Gasteiger partial charge on any atom is -0.398 e. The molecule has 1 unspecified atom stereocenters. The van der Waals surface area contributed by atoms with Crippen LogP contribution in [-0.4, -0.2) is 17.2 Å². The highest BCUT2D eigenvalue weighted by Gasteiger charge is 2.22. The number of nitrogen functional groups attached to an aromatic ring is 1. The van der Waals surface area contributed by atoms with Crippen molar-refractivity contribution >= 4 is 22.8 Å². The van der Waals surface area contributed by atoms with E-state index in [1.165, 1.54) is 12.3 Å². The topological polar surface area (TPSA) is 54.8 Å². The smallest absolute Gasteiger partial charge is 0.263 e. The molecule has 1 heterocycles. The summed E-state index contributed by atoms with van der Waals surface area (Å²) in [5.74, 6) is 0.247. The van der Waals surface area contributed by atoms with E-state index in [1.54, 1.807) is 12.2 Å². The van der Waals surface area contributed by atoms with Crippen LogP contribution in [0.2, 0.25) is 0 Å². The van der Waals surface area contributed by atoms with Crippen LogP contribution >= 0.6 is 0 Å². The van der Waals surface area contributed by atoms with Gasteiger partial charge in [-0.3, -0.25) is 0 Å². The highest BCUT2D eigenvalue weighted by Crippen LogP contribution is 2.35. The molecule has 1 aromatic heterocycles. The largest absolute Gasteiger partial charge is 0.398 e. The Balaban J connectivity index is 0.00000117. The number of allylic oxidation sites excluding steroid dienone is 4. The number of nitrogens with one attached hydrogen (secondary N) is 1. The van der Waals surface area contributed by atoms with E-state index < -0.39 is 6.43 Å². The first-order chi connectivity index (χ1) is 12.4. The van der Waals surface area contributed by atoms with Crippen LogP contribution in [0.4, 0.5) is 14.5 Å². The summed E-state index contributed by atoms with van der Waals surface area (Å²) in [5, 5.41) is 8.49. The molecule has 1 aromatic carbocycles. The molecule has 3 N–H and O–H groups in total. The average molecular weight is 359 g/mol. The Bertz CT molecular complexity index is 845. The molecular formula is C21H27F2N3. The summed E-state index contributed by atoms with van der Waals surface area (Å²) in [6.07, 6.45) is 4.38. The number of nitrogens with two attached hydrogens (primary N) is 1. The molecule has 140 valence electrons. The lowest BCUT2D eigenvalue weighted by molar-refractivity contribution is 0.192. The summed E-state index contributed by atoms with van der Waals surface area (Å²) in [7, 11) is 0. The molecule has 0 spiro atoms. The average Bonchev–Trinajstić information content (AvgIpc) is 3.01. The van der Waals surface area contributed by atoms with Crippen LogP contribution in [0.15, 0.2) is 42.0 Å². The molecule has 26 heavy (non-hydrogen) atoms. The molecule has 0 amide bonds. The van der Waals surface area contributed by atoms with Gasteiger partial charge in [-0.25, -0.2) is 8.78 Å². The minimum absolute atomic E-state index is 0.0607. The fourth-order valence-electron chi connectivity index (χ4n) is 3.29. The van der Waals surface area contributed by atoms with Crippen molar-refractivity contribution in [3.63, 3.8) is 0 Å². The van der Waals surface area contributed by atoms with Crippen LogP contribution in [0.1, 0.15) is 57.3 Å². The van der Waals surface area contributed by atoms with Crippen molar-refractivity contribution in [3.8, 4) is 0 Å². The number of rotatable bonds is 4. The van der Waals surface area contributed by atoms with Gasteiger partial charge in [-0.15, -0.1) is 0 Å². The number of anilines is 1. The molecular weight excluding hydrogens is 332 g/mol. The van der Waals surface area contributed by atoms with E-state index >= 15 is 0 Å². The molecule has 2 aromatic rings. The molecule has 3 nitrogen and oxygen atoms in total. The van der Waals surface area contributed by atoms with Crippen LogP contribution in [-0.2, 0) is 0 Å². The molecule has 0 aliphatic heterocycles. The van der Waals surface area contributed by atoms with Crippen molar-refractivity contribution in [1.82, 2.24) is 4.57 Å². The predicted molar refractivity (Wildman–Crippen MR) is 107 cm³/mol. The molecule has 1 atom stereocenters. The molecule has 0 fully saturated rings. The number of nitrogens with zero attached hydrogens (tertiary/aromatic N) is 1. The number of alkyl halides is 2. The first-order valence-electron chi connectivity index (χ1n) is 9.03. The third kappa shape index (κ3) is 3.71. The van der Waals surface area contributed by atoms with Crippen molar-refractivity contribution < 1.29 is 8.78 Å². The SMILES string of the molecule is CC.CC(C)c1cc2cc(N)c(C=N)cc2n1C1C=C(C(F)F)C=CC1. The molecule has 1 aliphatic rings. The van der Waals surface area contributed by atoms with Gasteiger partial charge >= 0.3 is 0 Å². The number of hydrogen-bond acceptors (Lipinski definition) is 2. The van der Waals surface area contributed by atoms with Crippen molar-refractivity contribution in [3.05, 3.63) is 53.3 Å². The lowest BCUT2D eigenvalue weighted by Crippen LogP contribution is -2.14. The third-order valence-electron chi connectivity index (χ3n) is 4.48. The Hall–Kier alpha value is -2.43. The van der Waals surface area contributed by atoms with Gasteiger partial charge in [-0.1, -0.05) is 45.9 Å². The van der Waals surface area contributed by atoms with Gasteiger partial charge in [0.05, 0.1) is 6.04 Å². The zero-order chi connectivity index (χ0) is 19.4. The number of hydrogen-bond donors (Lipinski definition) is 2. The van der Waals surface area contributed by atoms with E-state index in [9.17, 15) is 8.78 Å². The van der Waals surface area contributed by atoms with Gasteiger partial charge in [0.1, 0.15) is 0 Å². The van der Waals surface area contributed by atoms with Gasteiger partial charge in [0.15, 0.2) is 0 Å². The first kappa shape index (κ1) is 19.9. The van der Waals surface area contributed by atoms with Crippen molar-refractivity contribution in [1.29, 1.82) is 5.41 Å². The predicted octanol–water partition coefficient (Wildman–Crippen LogP) is 6.06. The molecule has 0 saturated carbocycles. The Morgan fingerprint density at radius 3 is 2.50 bits per heavy atom. The number of aromatic nitrogens is 1. The summed E-state index contributed by atoms with van der Waals surface area (Å²) < 4.78 is 28.3. The van der Waals surface area contributed by atoms with Gasteiger partial charge in [-0.05, 0) is 30.5 Å². The lowest BCUT2D eigenvalue weighted by Gasteiger charge is -2.24. The normalized spacial score (nSPS) is 16.6. The standard InChI is InChI=1S/C19H21F2N3.C2H6/c1-11(2)17-8-13-7-16(23)14(10-22)9-18(13)24(17)15-5-3-4-12(6-15)19(20)21;1-2/h3-4,6-11,15,19,22H,5,23H2,1-2H3;1-2H3. The third-order valence-corrected chi connectivity index (χ3v) is 4.48. The van der Waals surface area contributed by atoms with Crippen molar-refractivity contribution in [2.75, 3.05) is 5.73 Å². The summed E-state index contributed by atoms with van der Waals surface area (Å²) >= 11 is 0. The molecule has 1 aliphatic carbocycles. The van der Waals surface area contributed by atoms with E-state index in [2.05, 4.69) is 24.5 Å². The van der Waals surface area contributed by atoms with Gasteiger partial charge in [0.25, 0.3) is 6.43 Å². The Labute approximate surface area is 153 Å². The Kier molecular flexibility index (Phi) is 6.35. The first-order valence-corrected chi connectivity index (χ1v) is 9.03. The van der Waals surface area contributed by atoms with Gasteiger partial charge in [-0.2, -0.15) is 0 Å². The number of benzene rings is 1. The van der Waals surface area contributed by atoms with Gasteiger partial charge in [0, 0.05) is 39.6 Å². The summed E-state index contributed by atoms with van der Waals surface area (Å²) in [5.41, 5.74) is 9.25. The quantitative estimate of drug-likeness (QED) is 0.506. The second-order valence-electron chi connectivity index (χ2n) is 6.45. The summed E-state index contributed by atoms with van der Waals surface area (Å²) in [6.45, 7) is 8.17. The van der Waals surface area contributed by atoms with E-state index in [1.807, 2.05) is 26.0 Å². The van der Waals surface area contributed by atoms with E-state index in [0.29, 0.717) is 17.7 Å². The summed E-state index contributed by atoms with van der Waals surface area (Å²) in [4.78, 5) is 0. The highest BCUT2D eigenvalue weighted by molar-refractivity contribution is 5.95. The lowest BCUT2D eigenvalue weighted by atomic mass is 10.0. The second-order valence-corrected chi connectivity index (χ2v) is 6.45. The van der Waals surface area contributed by atoms with E-state index in [0.717, 1.165) is 16.6 Å². The zero-order valence-electron chi connectivity index (χ0n) is 15.8. The monoisotopic (exact) mass is 359 g/mol. The number of halogens is 2. The maximum absolute atomic E-state index is 13.1.